The fourth-order valence-electron chi connectivity index (χ4n) is 5.43. The van der Waals surface area contributed by atoms with Crippen molar-refractivity contribution in [3.05, 3.63) is 103 Å². The number of aromatic nitrogens is 2. The van der Waals surface area contributed by atoms with Crippen LogP contribution in [0.1, 0.15) is 27.7 Å². The van der Waals surface area contributed by atoms with E-state index in [1.165, 1.54) is 16.2 Å². The van der Waals surface area contributed by atoms with Gasteiger partial charge in [0, 0.05) is 16.6 Å². The highest BCUT2D eigenvalue weighted by Crippen LogP contribution is 2.37. The van der Waals surface area contributed by atoms with E-state index in [0.29, 0.717) is 0 Å². The lowest BCUT2D eigenvalue weighted by Crippen LogP contribution is -2.41. The van der Waals surface area contributed by atoms with Crippen molar-refractivity contribution in [2.24, 2.45) is 0 Å². The minimum absolute atomic E-state index is 0.372. The van der Waals surface area contributed by atoms with Crippen molar-refractivity contribution >= 4 is 45.2 Å². The van der Waals surface area contributed by atoms with Crippen LogP contribution in [-0.4, -0.2) is 27.9 Å². The lowest BCUT2D eigenvalue weighted by atomic mass is 9.79. The number of imidazole rings is 1. The third kappa shape index (κ3) is 3.50. The first-order valence-electron chi connectivity index (χ1n) is 13.2. The van der Waals surface area contributed by atoms with E-state index in [-0.39, 0.29) is 18.3 Å². The van der Waals surface area contributed by atoms with Crippen LogP contribution in [0.2, 0.25) is 0 Å². The summed E-state index contributed by atoms with van der Waals surface area (Å²) < 4.78 is 14.8. The summed E-state index contributed by atoms with van der Waals surface area (Å²) in [6.07, 6.45) is 0. The number of benzene rings is 5. The molecule has 0 unspecified atom stereocenters. The number of nitrogens with zero attached hydrogens (tertiary/aromatic N) is 2. The molecule has 2 heterocycles. The maximum absolute atomic E-state index is 6.28. The third-order valence-electron chi connectivity index (χ3n) is 8.26. The van der Waals surface area contributed by atoms with Crippen molar-refractivity contribution in [2.75, 3.05) is 0 Å². The fraction of sp³-hybridized carbons (Fsp3) is 0.182. The van der Waals surface area contributed by atoms with Gasteiger partial charge in [-0.1, -0.05) is 84.9 Å². The summed E-state index contributed by atoms with van der Waals surface area (Å²) in [5.74, 6) is 0.910. The maximum atomic E-state index is 6.28. The fourth-order valence-corrected chi connectivity index (χ4v) is 5.43. The molecule has 38 heavy (non-hydrogen) atoms. The van der Waals surface area contributed by atoms with Gasteiger partial charge >= 0.3 is 7.12 Å². The van der Waals surface area contributed by atoms with Crippen LogP contribution in [0.3, 0.4) is 0 Å². The molecule has 1 aliphatic heterocycles. The Bertz CT molecular complexity index is 1810. The molecule has 0 saturated carbocycles. The predicted octanol–water partition coefficient (Wildman–Crippen LogP) is 7.30. The number of rotatable bonds is 3. The summed E-state index contributed by atoms with van der Waals surface area (Å²) in [4.78, 5) is 5.27. The van der Waals surface area contributed by atoms with Gasteiger partial charge < -0.3 is 9.31 Å². The highest BCUT2D eigenvalue weighted by Gasteiger charge is 2.51. The van der Waals surface area contributed by atoms with Gasteiger partial charge in [0.1, 0.15) is 5.82 Å². The molecule has 0 N–H and O–H groups in total. The molecule has 4 nitrogen and oxygen atoms in total. The van der Waals surface area contributed by atoms with Crippen LogP contribution >= 0.6 is 0 Å². The summed E-state index contributed by atoms with van der Waals surface area (Å²) in [5, 5.41) is 4.86. The lowest BCUT2D eigenvalue weighted by Gasteiger charge is -2.32. The molecule has 0 radical (unpaired) electrons. The molecule has 0 amide bonds. The van der Waals surface area contributed by atoms with E-state index in [0.717, 1.165) is 39.0 Å². The Morgan fingerprint density at radius 1 is 0.632 bits per heavy atom. The Hall–Kier alpha value is -3.93. The summed E-state index contributed by atoms with van der Waals surface area (Å²) in [6.45, 7) is 8.32. The first-order chi connectivity index (χ1) is 18.3. The van der Waals surface area contributed by atoms with Crippen molar-refractivity contribution in [2.45, 2.75) is 38.9 Å². The maximum Gasteiger partial charge on any atom is 0.494 e. The SMILES string of the molecule is CC1(C)OB(c2ccc(-c3nc4c5ccc6ccccc6c5ccc4n3-c3ccccc3)cc2)OC1(C)C. The first kappa shape index (κ1) is 23.2. The zero-order chi connectivity index (χ0) is 26.1. The minimum Gasteiger partial charge on any atom is -0.399 e. The van der Waals surface area contributed by atoms with E-state index in [2.05, 4.69) is 129 Å². The predicted molar refractivity (Wildman–Crippen MR) is 157 cm³/mol. The van der Waals surface area contributed by atoms with Crippen molar-refractivity contribution < 1.29 is 9.31 Å². The van der Waals surface area contributed by atoms with Crippen molar-refractivity contribution in [1.82, 2.24) is 9.55 Å². The molecule has 1 aromatic heterocycles. The molecule has 5 heteroatoms. The molecular weight excluding hydrogens is 467 g/mol. The second-order valence-corrected chi connectivity index (χ2v) is 11.1. The second-order valence-electron chi connectivity index (χ2n) is 11.1. The average Bonchev–Trinajstić information content (AvgIpc) is 3.42. The monoisotopic (exact) mass is 496 g/mol. The van der Waals surface area contributed by atoms with Crippen LogP contribution in [-0.2, 0) is 9.31 Å². The van der Waals surface area contributed by atoms with Gasteiger partial charge in [0.25, 0.3) is 0 Å². The first-order valence-corrected chi connectivity index (χ1v) is 13.2. The quantitative estimate of drug-likeness (QED) is 0.191. The van der Waals surface area contributed by atoms with E-state index in [4.69, 9.17) is 14.3 Å². The van der Waals surface area contributed by atoms with Crippen LogP contribution < -0.4 is 5.46 Å². The van der Waals surface area contributed by atoms with Crippen molar-refractivity contribution in [3.63, 3.8) is 0 Å². The van der Waals surface area contributed by atoms with E-state index in [9.17, 15) is 0 Å². The molecule has 7 rings (SSSR count). The van der Waals surface area contributed by atoms with E-state index in [1.54, 1.807) is 0 Å². The number of hydrogen-bond acceptors (Lipinski definition) is 3. The van der Waals surface area contributed by atoms with Gasteiger partial charge in [0.15, 0.2) is 0 Å². The van der Waals surface area contributed by atoms with Gasteiger partial charge in [-0.3, -0.25) is 4.57 Å². The molecule has 0 spiro atoms. The van der Waals surface area contributed by atoms with E-state index in [1.807, 2.05) is 6.07 Å². The Morgan fingerprint density at radius 3 is 2.03 bits per heavy atom. The number of fused-ring (bicyclic) bond motifs is 5. The third-order valence-corrected chi connectivity index (χ3v) is 8.26. The molecule has 1 aliphatic rings. The Labute approximate surface area is 223 Å². The van der Waals surface area contributed by atoms with Crippen LogP contribution in [0.4, 0.5) is 0 Å². The van der Waals surface area contributed by atoms with Crippen LogP contribution in [0, 0.1) is 0 Å². The molecular formula is C33H29BN2O2. The Kier molecular flexibility index (Phi) is 5.06. The summed E-state index contributed by atoms with van der Waals surface area (Å²) >= 11 is 0. The van der Waals surface area contributed by atoms with E-state index < -0.39 is 0 Å². The number of para-hydroxylation sites is 1. The van der Waals surface area contributed by atoms with Gasteiger partial charge in [-0.05, 0) is 67.5 Å². The van der Waals surface area contributed by atoms with Crippen molar-refractivity contribution in [1.29, 1.82) is 0 Å². The van der Waals surface area contributed by atoms with Gasteiger partial charge in [0.2, 0.25) is 0 Å². The Morgan fingerprint density at radius 2 is 1.29 bits per heavy atom. The standard InChI is InChI=1S/C33H29BN2O2/c1-32(2)33(3,4)38-34(37-32)24-17-14-23(15-18-24)31-35-30-28-19-16-22-10-8-9-13-26(22)27(28)20-21-29(30)36(31)25-11-6-5-7-12-25/h5-21H,1-4H3. The topological polar surface area (TPSA) is 36.3 Å². The van der Waals surface area contributed by atoms with Crippen LogP contribution in [0.15, 0.2) is 103 Å². The molecule has 1 fully saturated rings. The van der Waals surface area contributed by atoms with E-state index >= 15 is 0 Å². The molecule has 6 aromatic rings. The molecule has 1 saturated heterocycles. The smallest absolute Gasteiger partial charge is 0.399 e. The highest BCUT2D eigenvalue weighted by molar-refractivity contribution is 6.62. The van der Waals surface area contributed by atoms with Crippen LogP contribution in [0.5, 0.6) is 0 Å². The average molecular weight is 496 g/mol. The van der Waals surface area contributed by atoms with Gasteiger partial charge in [-0.2, -0.15) is 0 Å². The van der Waals surface area contributed by atoms with Gasteiger partial charge in [-0.25, -0.2) is 4.98 Å². The normalized spacial score (nSPS) is 16.6. The zero-order valence-electron chi connectivity index (χ0n) is 22.1. The van der Waals surface area contributed by atoms with Gasteiger partial charge in [-0.15, -0.1) is 0 Å². The minimum atomic E-state index is -0.390. The molecule has 0 bridgehead atoms. The largest absolute Gasteiger partial charge is 0.494 e. The van der Waals surface area contributed by atoms with Crippen LogP contribution in [0.25, 0.3) is 49.7 Å². The summed E-state index contributed by atoms with van der Waals surface area (Å²) in [5.41, 5.74) is 4.48. The highest BCUT2D eigenvalue weighted by atomic mass is 16.7. The number of hydrogen-bond donors (Lipinski definition) is 0. The van der Waals surface area contributed by atoms with Crippen molar-refractivity contribution in [3.8, 4) is 17.1 Å². The summed E-state index contributed by atoms with van der Waals surface area (Å²) in [6, 6.07) is 36.2. The second kappa shape index (κ2) is 8.29. The lowest BCUT2D eigenvalue weighted by molar-refractivity contribution is 0.00578. The Balaban J connectivity index is 1.40. The zero-order valence-corrected chi connectivity index (χ0v) is 22.1. The molecule has 0 aliphatic carbocycles. The molecule has 5 aromatic carbocycles. The summed E-state index contributed by atoms with van der Waals surface area (Å²) in [7, 11) is -0.390. The molecule has 186 valence electrons. The van der Waals surface area contributed by atoms with Gasteiger partial charge in [0.05, 0.1) is 22.2 Å². The molecule has 0 atom stereocenters.